The van der Waals surface area contributed by atoms with E-state index in [1.54, 1.807) is 44.1 Å². The van der Waals surface area contributed by atoms with Gasteiger partial charge in [0.2, 0.25) is 0 Å². The fraction of sp³-hybridized carbons (Fsp3) is 0.731. The summed E-state index contributed by atoms with van der Waals surface area (Å²) < 4.78 is 0. The molecule has 0 N–H and O–H groups in total. The average molecular weight is 385 g/mol. The van der Waals surface area contributed by atoms with Gasteiger partial charge in [0.25, 0.3) is 0 Å². The summed E-state index contributed by atoms with van der Waals surface area (Å²) in [7, 11) is -0.980. The zero-order valence-electron chi connectivity index (χ0n) is 17.5. The SMILES string of the molecule is C=C1C=CC(C[P+](C2CCCCC2)(C2CCCCC2)C2CCCCC2)=C[CH+]1. The Morgan fingerprint density at radius 1 is 0.704 bits per heavy atom. The van der Waals surface area contributed by atoms with Crippen molar-refractivity contribution in [1.82, 2.24) is 0 Å². The van der Waals surface area contributed by atoms with Crippen molar-refractivity contribution in [3.8, 4) is 0 Å². The molecule has 1 heteroatoms. The minimum atomic E-state index is -0.980. The van der Waals surface area contributed by atoms with Crippen LogP contribution in [0.1, 0.15) is 96.3 Å². The zero-order valence-corrected chi connectivity index (χ0v) is 18.4. The predicted molar refractivity (Wildman–Crippen MR) is 123 cm³/mol. The predicted octanol–water partition coefficient (Wildman–Crippen LogP) is 8.26. The quantitative estimate of drug-likeness (QED) is 0.330. The van der Waals surface area contributed by atoms with Crippen molar-refractivity contribution in [3.63, 3.8) is 0 Å². The Bertz CT molecular complexity index is 505. The smallest absolute Gasteiger partial charge is 0.0530 e. The van der Waals surface area contributed by atoms with Crippen LogP contribution in [0.25, 0.3) is 0 Å². The third-order valence-corrected chi connectivity index (χ3v) is 14.8. The number of hydrogen-bond acceptors (Lipinski definition) is 0. The monoisotopic (exact) mass is 384 g/mol. The van der Waals surface area contributed by atoms with E-state index in [4.69, 9.17) is 0 Å². The maximum atomic E-state index is 4.14. The molecule has 0 aromatic rings. The lowest BCUT2D eigenvalue weighted by Crippen LogP contribution is -2.38. The summed E-state index contributed by atoms with van der Waals surface area (Å²) in [4.78, 5) is 0. The minimum absolute atomic E-state index is 0.980. The highest BCUT2D eigenvalue weighted by Gasteiger charge is 2.57. The molecule has 0 atom stereocenters. The van der Waals surface area contributed by atoms with Crippen molar-refractivity contribution < 1.29 is 0 Å². The normalized spacial score (nSPS) is 26.7. The summed E-state index contributed by atoms with van der Waals surface area (Å²) in [6.07, 6.45) is 33.9. The Labute approximate surface area is 169 Å². The summed E-state index contributed by atoms with van der Waals surface area (Å²) in [5.41, 5.74) is 6.11. The van der Waals surface area contributed by atoms with Gasteiger partial charge in [-0.3, -0.25) is 0 Å². The van der Waals surface area contributed by atoms with Crippen molar-refractivity contribution in [1.29, 1.82) is 0 Å². The molecule has 0 radical (unpaired) electrons. The Kier molecular flexibility index (Phi) is 6.86. The molecule has 0 aromatic heterocycles. The summed E-state index contributed by atoms with van der Waals surface area (Å²) >= 11 is 0. The first-order valence-electron chi connectivity index (χ1n) is 12.1. The molecular formula is C26H41P+2. The van der Waals surface area contributed by atoms with Crippen LogP contribution in [0.15, 0.2) is 36.0 Å². The maximum absolute atomic E-state index is 4.14. The molecule has 0 nitrogen and oxygen atoms in total. The molecule has 0 amide bonds. The molecule has 0 heterocycles. The second kappa shape index (κ2) is 9.35. The van der Waals surface area contributed by atoms with E-state index in [0.29, 0.717) is 0 Å². The molecule has 0 bridgehead atoms. The van der Waals surface area contributed by atoms with Gasteiger partial charge in [-0.15, -0.1) is 0 Å². The Morgan fingerprint density at radius 2 is 1.15 bits per heavy atom. The Morgan fingerprint density at radius 3 is 1.52 bits per heavy atom. The molecule has 0 saturated heterocycles. The Balaban J connectivity index is 1.69. The fourth-order valence-corrected chi connectivity index (χ4v) is 14.3. The van der Waals surface area contributed by atoms with Crippen molar-refractivity contribution >= 4 is 7.26 Å². The zero-order chi connectivity index (χ0) is 18.5. The van der Waals surface area contributed by atoms with Crippen LogP contribution in [-0.4, -0.2) is 23.1 Å². The van der Waals surface area contributed by atoms with Gasteiger partial charge in [-0.2, -0.15) is 0 Å². The van der Waals surface area contributed by atoms with Crippen LogP contribution in [0.3, 0.4) is 0 Å². The lowest BCUT2D eigenvalue weighted by molar-refractivity contribution is 0.451. The van der Waals surface area contributed by atoms with E-state index in [0.717, 1.165) is 17.0 Å². The van der Waals surface area contributed by atoms with E-state index in [2.05, 4.69) is 31.2 Å². The van der Waals surface area contributed by atoms with Crippen molar-refractivity contribution in [2.45, 2.75) is 113 Å². The fourth-order valence-electron chi connectivity index (χ4n) is 6.93. The summed E-state index contributed by atoms with van der Waals surface area (Å²) in [6.45, 7) is 4.14. The summed E-state index contributed by atoms with van der Waals surface area (Å²) in [6, 6.07) is 0. The number of allylic oxidation sites excluding steroid dienone is 5. The van der Waals surface area contributed by atoms with Gasteiger partial charge >= 0.3 is 0 Å². The van der Waals surface area contributed by atoms with Crippen LogP contribution in [0.2, 0.25) is 0 Å². The molecule has 0 unspecified atom stereocenters. The molecule has 27 heavy (non-hydrogen) atoms. The standard InChI is InChI=1S/C26H41P/c1-22-17-19-23(20-18-22)21-27(24-11-5-2-6-12-24,25-13-7-3-8-14-25)26-15-9-4-10-16-26/h17-20,24-26H,1-16,21H2/q+2. The van der Waals surface area contributed by atoms with Gasteiger partial charge in [0, 0.05) is 31.9 Å². The molecule has 4 aliphatic rings. The van der Waals surface area contributed by atoms with Crippen LogP contribution in [0, 0.1) is 6.42 Å². The average Bonchev–Trinajstić information content (AvgIpc) is 2.75. The molecular weight excluding hydrogens is 343 g/mol. The highest BCUT2D eigenvalue weighted by molar-refractivity contribution is 7.78. The second-order valence-electron chi connectivity index (χ2n) is 9.85. The van der Waals surface area contributed by atoms with Crippen LogP contribution >= 0.6 is 7.26 Å². The lowest BCUT2D eigenvalue weighted by Gasteiger charge is -2.48. The van der Waals surface area contributed by atoms with E-state index in [1.165, 1.54) is 69.5 Å². The largest absolute Gasteiger partial charge is 0.117 e. The van der Waals surface area contributed by atoms with Crippen molar-refractivity contribution in [2.24, 2.45) is 0 Å². The van der Waals surface area contributed by atoms with Gasteiger partial charge in [-0.1, -0.05) is 19.3 Å². The van der Waals surface area contributed by atoms with Crippen LogP contribution in [-0.2, 0) is 0 Å². The van der Waals surface area contributed by atoms with Crippen LogP contribution < -0.4 is 0 Å². The van der Waals surface area contributed by atoms with Gasteiger partial charge in [-0.05, 0) is 83.6 Å². The molecule has 0 aromatic carbocycles. The molecule has 0 aliphatic heterocycles. The third-order valence-electron chi connectivity index (χ3n) is 8.24. The van der Waals surface area contributed by atoms with Gasteiger partial charge in [-0.25, -0.2) is 0 Å². The summed E-state index contributed by atoms with van der Waals surface area (Å²) in [5.74, 6) is 0. The maximum Gasteiger partial charge on any atom is 0.117 e. The van der Waals surface area contributed by atoms with E-state index in [9.17, 15) is 0 Å². The molecule has 4 rings (SSSR count). The minimum Gasteiger partial charge on any atom is -0.0530 e. The topological polar surface area (TPSA) is 0 Å². The van der Waals surface area contributed by atoms with Gasteiger partial charge in [0.1, 0.15) is 6.16 Å². The molecule has 148 valence electrons. The van der Waals surface area contributed by atoms with Crippen LogP contribution in [0.5, 0.6) is 0 Å². The van der Waals surface area contributed by atoms with Crippen LogP contribution in [0.4, 0.5) is 0 Å². The first-order chi connectivity index (χ1) is 13.3. The molecule has 0 spiro atoms. The molecule has 3 saturated carbocycles. The van der Waals surface area contributed by atoms with Crippen molar-refractivity contribution in [3.05, 3.63) is 42.4 Å². The highest BCUT2D eigenvalue weighted by atomic mass is 31.2. The Hall–Kier alpha value is -0.480. The lowest BCUT2D eigenvalue weighted by atomic mass is 9.98. The second-order valence-corrected chi connectivity index (χ2v) is 14.3. The van der Waals surface area contributed by atoms with Gasteiger partial charge in [0.15, 0.2) is 0 Å². The van der Waals surface area contributed by atoms with E-state index in [1.807, 2.05) is 0 Å². The number of hydrogen-bond donors (Lipinski definition) is 0. The highest BCUT2D eigenvalue weighted by Crippen LogP contribution is 2.77. The van der Waals surface area contributed by atoms with E-state index < -0.39 is 7.26 Å². The van der Waals surface area contributed by atoms with Gasteiger partial charge < -0.3 is 0 Å². The van der Waals surface area contributed by atoms with E-state index in [-0.39, 0.29) is 0 Å². The number of rotatable bonds is 5. The van der Waals surface area contributed by atoms with E-state index >= 15 is 0 Å². The first-order valence-corrected chi connectivity index (χ1v) is 14.3. The van der Waals surface area contributed by atoms with Gasteiger partial charge in [0.05, 0.1) is 28.1 Å². The third kappa shape index (κ3) is 4.42. The first kappa shape index (κ1) is 19.8. The molecule has 3 fully saturated rings. The van der Waals surface area contributed by atoms with Crippen molar-refractivity contribution in [2.75, 3.05) is 6.16 Å². The summed E-state index contributed by atoms with van der Waals surface area (Å²) in [5, 5.41) is 0. The molecule has 4 aliphatic carbocycles.